The summed E-state index contributed by atoms with van der Waals surface area (Å²) in [5.74, 6) is -0.130. The Hall–Kier alpha value is -2.98. The molecular formula is C29H30FN2Si+. The first kappa shape index (κ1) is 20.6. The summed E-state index contributed by atoms with van der Waals surface area (Å²) < 4.78 is 20.1. The predicted octanol–water partition coefficient (Wildman–Crippen LogP) is 6.98. The molecule has 0 radical (unpaired) electrons. The van der Waals surface area contributed by atoms with Crippen molar-refractivity contribution in [1.29, 1.82) is 0 Å². The molecule has 0 aliphatic heterocycles. The first-order chi connectivity index (χ1) is 16.0. The molecule has 0 amide bonds. The van der Waals surface area contributed by atoms with Crippen LogP contribution in [-0.2, 0) is 7.05 Å². The molecule has 166 valence electrons. The van der Waals surface area contributed by atoms with Crippen LogP contribution >= 0.6 is 0 Å². The molecule has 33 heavy (non-hydrogen) atoms. The Morgan fingerprint density at radius 1 is 0.879 bits per heavy atom. The van der Waals surface area contributed by atoms with E-state index in [9.17, 15) is 0 Å². The lowest BCUT2D eigenvalue weighted by Gasteiger charge is -2.29. The van der Waals surface area contributed by atoms with Crippen molar-refractivity contribution < 1.29 is 8.96 Å². The van der Waals surface area contributed by atoms with Crippen LogP contribution in [-0.4, -0.2) is 12.5 Å². The van der Waals surface area contributed by atoms with E-state index >= 15 is 4.39 Å². The van der Waals surface area contributed by atoms with Crippen LogP contribution in [0.4, 0.5) is 4.39 Å². The van der Waals surface area contributed by atoms with Crippen LogP contribution in [0.1, 0.15) is 26.3 Å². The molecule has 0 spiro atoms. The lowest BCUT2D eigenvalue weighted by atomic mass is 9.99. The van der Waals surface area contributed by atoms with E-state index in [4.69, 9.17) is 0 Å². The zero-order valence-corrected chi connectivity index (χ0v) is 21.1. The number of pyridine rings is 2. The fourth-order valence-electron chi connectivity index (χ4n) is 6.42. The summed E-state index contributed by atoms with van der Waals surface area (Å²) in [6.45, 7) is 9.13. The van der Waals surface area contributed by atoms with E-state index in [0.29, 0.717) is 0 Å². The molecule has 0 atom stereocenters. The summed E-state index contributed by atoms with van der Waals surface area (Å²) in [6.07, 6.45) is 2.17. The van der Waals surface area contributed by atoms with Crippen LogP contribution in [0.3, 0.4) is 0 Å². The number of nitrogens with zero attached hydrogens (tertiary/aromatic N) is 2. The molecule has 0 N–H and O–H groups in total. The normalized spacial score (nSPS) is 12.9. The van der Waals surface area contributed by atoms with Gasteiger partial charge < -0.3 is 4.40 Å². The second-order valence-electron chi connectivity index (χ2n) is 9.70. The van der Waals surface area contributed by atoms with E-state index in [2.05, 4.69) is 79.4 Å². The third-order valence-corrected chi connectivity index (χ3v) is 14.0. The van der Waals surface area contributed by atoms with Gasteiger partial charge in [0, 0.05) is 16.8 Å². The molecular weight excluding hydrogens is 423 g/mol. The molecule has 3 aromatic carbocycles. The monoisotopic (exact) mass is 453 g/mol. The molecule has 3 heterocycles. The van der Waals surface area contributed by atoms with Crippen molar-refractivity contribution in [2.75, 3.05) is 0 Å². The maximum atomic E-state index is 15.5. The number of fused-ring (bicyclic) bond motifs is 5. The minimum absolute atomic E-state index is 0.130. The van der Waals surface area contributed by atoms with Gasteiger partial charge in [-0.25, -0.2) is 8.96 Å². The Morgan fingerprint density at radius 2 is 1.61 bits per heavy atom. The van der Waals surface area contributed by atoms with Gasteiger partial charge in [0.05, 0.1) is 35.4 Å². The summed E-state index contributed by atoms with van der Waals surface area (Å²) in [7, 11) is 0.511. The van der Waals surface area contributed by atoms with Gasteiger partial charge in [-0.2, -0.15) is 0 Å². The number of hydrogen-bond acceptors (Lipinski definition) is 0. The van der Waals surface area contributed by atoms with Crippen LogP contribution in [0.25, 0.3) is 49.0 Å². The average molecular weight is 454 g/mol. The molecule has 0 aliphatic rings. The van der Waals surface area contributed by atoms with Crippen LogP contribution in [0.2, 0.25) is 18.1 Å². The number of rotatable bonds is 4. The van der Waals surface area contributed by atoms with Crippen LogP contribution in [0, 0.1) is 12.7 Å². The fraction of sp³-hybridized carbons (Fsp3) is 0.276. The third kappa shape index (κ3) is 2.50. The van der Waals surface area contributed by atoms with Gasteiger partial charge in [-0.05, 0) is 36.1 Å². The van der Waals surface area contributed by atoms with Gasteiger partial charge in [0.2, 0.25) is 5.52 Å². The average Bonchev–Trinajstić information content (AvgIpc) is 3.17. The minimum Gasteiger partial charge on any atom is -0.307 e. The molecule has 0 saturated carbocycles. The smallest absolute Gasteiger partial charge is 0.224 e. The quantitative estimate of drug-likeness (QED) is 0.118. The Bertz CT molecular complexity index is 1700. The number of para-hydroxylation sites is 1. The number of aromatic nitrogens is 2. The van der Waals surface area contributed by atoms with E-state index in [-0.39, 0.29) is 5.82 Å². The first-order valence-electron chi connectivity index (χ1n) is 12.2. The van der Waals surface area contributed by atoms with E-state index in [0.717, 1.165) is 32.8 Å². The zero-order chi connectivity index (χ0) is 23.1. The Kier molecular flexibility index (Phi) is 4.38. The van der Waals surface area contributed by atoms with Crippen LogP contribution in [0.5, 0.6) is 0 Å². The fourth-order valence-corrected chi connectivity index (χ4v) is 10.0. The Labute approximate surface area is 194 Å². The lowest BCUT2D eigenvalue weighted by Crippen LogP contribution is -2.45. The van der Waals surface area contributed by atoms with E-state index < -0.39 is 8.07 Å². The van der Waals surface area contributed by atoms with Gasteiger partial charge >= 0.3 is 0 Å². The van der Waals surface area contributed by atoms with Crippen molar-refractivity contribution in [1.82, 2.24) is 4.40 Å². The molecule has 2 nitrogen and oxygen atoms in total. The van der Waals surface area contributed by atoms with Gasteiger partial charge in [0.15, 0.2) is 6.20 Å². The highest BCUT2D eigenvalue weighted by Crippen LogP contribution is 2.41. The highest BCUT2D eigenvalue weighted by Gasteiger charge is 2.32. The van der Waals surface area contributed by atoms with Crippen molar-refractivity contribution in [2.24, 2.45) is 7.05 Å². The van der Waals surface area contributed by atoms with Crippen LogP contribution < -0.4 is 9.75 Å². The standard InChI is InChI=1S/C29H30FN2Si/c1-6-33(7-2,8-3)20-16-19-13-14-31(5)28-25-18(4)15-22(30)27-21-11-9-10-12-23(21)32(29(25)27)24(17-20)26(19)28/h9-17H,6-8H2,1-5H3/q+1. The van der Waals surface area contributed by atoms with E-state index in [1.807, 2.05) is 13.0 Å². The second-order valence-corrected chi connectivity index (χ2v) is 15.0. The molecule has 0 unspecified atom stereocenters. The molecule has 0 saturated heterocycles. The summed E-state index contributed by atoms with van der Waals surface area (Å²) in [5, 5.41) is 6.98. The van der Waals surface area contributed by atoms with Gasteiger partial charge in [0.1, 0.15) is 12.9 Å². The van der Waals surface area contributed by atoms with Crippen molar-refractivity contribution >= 4 is 62.3 Å². The summed E-state index contributed by atoms with van der Waals surface area (Å²) >= 11 is 0. The Balaban J connectivity index is 2.00. The lowest BCUT2D eigenvalue weighted by molar-refractivity contribution is -0.643. The van der Waals surface area contributed by atoms with Crippen LogP contribution in [0.15, 0.2) is 54.7 Å². The molecule has 0 aliphatic carbocycles. The Morgan fingerprint density at radius 3 is 2.33 bits per heavy atom. The summed E-state index contributed by atoms with van der Waals surface area (Å²) in [6, 6.07) is 20.9. The SMILES string of the molecule is CC[Si](CC)(CC)c1cc2cc[n+](C)c3c4c(C)cc(F)c5c6ccccc6n(c(c1)c23)c54. The first-order valence-corrected chi connectivity index (χ1v) is 14.8. The molecule has 0 bridgehead atoms. The minimum atomic E-state index is -1.60. The third-order valence-electron chi connectivity index (χ3n) is 8.42. The van der Waals surface area contributed by atoms with Gasteiger partial charge in [-0.1, -0.05) is 68.4 Å². The van der Waals surface area contributed by atoms with Crippen molar-refractivity contribution in [3.8, 4) is 0 Å². The van der Waals surface area contributed by atoms with Crippen molar-refractivity contribution in [3.05, 3.63) is 66.1 Å². The molecule has 0 fully saturated rings. The number of aryl methyl sites for hydroxylation is 2. The topological polar surface area (TPSA) is 8.29 Å². The van der Waals surface area contributed by atoms with Crippen molar-refractivity contribution in [3.63, 3.8) is 0 Å². The molecule has 3 aromatic heterocycles. The summed E-state index contributed by atoms with van der Waals surface area (Å²) in [5.41, 5.74) is 5.50. The maximum Gasteiger partial charge on any atom is 0.224 e. The highest BCUT2D eigenvalue weighted by atomic mass is 28.3. The molecule has 4 heteroatoms. The molecule has 6 rings (SSSR count). The number of benzene rings is 3. The zero-order valence-electron chi connectivity index (χ0n) is 20.1. The molecule has 6 aromatic rings. The largest absolute Gasteiger partial charge is 0.307 e. The van der Waals surface area contributed by atoms with Gasteiger partial charge in [-0.3, -0.25) is 0 Å². The van der Waals surface area contributed by atoms with Crippen molar-refractivity contribution in [2.45, 2.75) is 45.8 Å². The van der Waals surface area contributed by atoms with E-state index in [1.165, 1.54) is 45.1 Å². The van der Waals surface area contributed by atoms with Gasteiger partial charge in [0.25, 0.3) is 0 Å². The summed E-state index contributed by atoms with van der Waals surface area (Å²) in [4.78, 5) is 0. The second kappa shape index (κ2) is 7.01. The highest BCUT2D eigenvalue weighted by molar-refractivity contribution is 6.92. The maximum absolute atomic E-state index is 15.5. The number of halogens is 1. The van der Waals surface area contributed by atoms with Gasteiger partial charge in [-0.15, -0.1) is 0 Å². The predicted molar refractivity (Wildman–Crippen MR) is 141 cm³/mol. The number of hydrogen-bond donors (Lipinski definition) is 0. The van der Waals surface area contributed by atoms with E-state index in [1.54, 1.807) is 6.07 Å².